The monoisotopic (exact) mass is 249 g/mol. The van der Waals surface area contributed by atoms with Gasteiger partial charge in [0, 0.05) is 30.7 Å². The van der Waals surface area contributed by atoms with Gasteiger partial charge in [0.05, 0.1) is 17.3 Å². The van der Waals surface area contributed by atoms with Crippen molar-refractivity contribution >= 4 is 17.4 Å². The first-order valence-electron chi connectivity index (χ1n) is 5.41. The summed E-state index contributed by atoms with van der Waals surface area (Å²) in [5.74, 6) is 1.52. The fraction of sp³-hybridized carbons (Fsp3) is 0.250. The number of nitrogens with zero attached hydrogens (tertiary/aromatic N) is 2. The number of ether oxygens (including phenoxy) is 1. The number of benzene rings is 1. The predicted molar refractivity (Wildman–Crippen MR) is 67.3 cm³/mol. The van der Waals surface area contributed by atoms with Crippen molar-refractivity contribution in [2.24, 2.45) is 7.05 Å². The summed E-state index contributed by atoms with van der Waals surface area (Å²) in [6.07, 6.45) is 0.863. The molecule has 1 aromatic heterocycles. The fourth-order valence-electron chi connectivity index (χ4n) is 2.13. The quantitative estimate of drug-likeness (QED) is 0.844. The molecule has 1 aliphatic heterocycles. The molecule has 5 heteroatoms. The van der Waals surface area contributed by atoms with Gasteiger partial charge in [-0.25, -0.2) is 0 Å². The molecule has 17 heavy (non-hydrogen) atoms. The van der Waals surface area contributed by atoms with E-state index in [9.17, 15) is 0 Å². The molecule has 0 amide bonds. The largest absolute Gasteiger partial charge is 0.493 e. The molecular formula is C12H12ClN3O. The first-order valence-corrected chi connectivity index (χ1v) is 5.78. The van der Waals surface area contributed by atoms with E-state index in [-0.39, 0.29) is 0 Å². The van der Waals surface area contributed by atoms with Crippen molar-refractivity contribution in [1.82, 2.24) is 9.78 Å². The van der Waals surface area contributed by atoms with Gasteiger partial charge in [0.1, 0.15) is 11.6 Å². The molecule has 88 valence electrons. The Hall–Kier alpha value is -1.68. The molecule has 2 N–H and O–H groups in total. The van der Waals surface area contributed by atoms with Gasteiger partial charge in [-0.05, 0) is 12.1 Å². The van der Waals surface area contributed by atoms with Crippen molar-refractivity contribution in [3.8, 4) is 17.0 Å². The molecule has 0 aliphatic carbocycles. The van der Waals surface area contributed by atoms with Crippen LogP contribution in [0.25, 0.3) is 11.3 Å². The van der Waals surface area contributed by atoms with Gasteiger partial charge >= 0.3 is 0 Å². The van der Waals surface area contributed by atoms with Crippen LogP contribution in [-0.2, 0) is 13.5 Å². The molecule has 0 bridgehead atoms. The Labute approximate surface area is 104 Å². The zero-order chi connectivity index (χ0) is 12.0. The van der Waals surface area contributed by atoms with E-state index < -0.39 is 0 Å². The maximum atomic E-state index is 6.26. The summed E-state index contributed by atoms with van der Waals surface area (Å²) in [4.78, 5) is 0. The molecule has 2 heterocycles. The number of halogens is 1. The molecule has 0 saturated carbocycles. The van der Waals surface area contributed by atoms with E-state index in [1.807, 2.05) is 25.2 Å². The summed E-state index contributed by atoms with van der Waals surface area (Å²) in [6.45, 7) is 0.699. The third-order valence-electron chi connectivity index (χ3n) is 3.00. The highest BCUT2D eigenvalue weighted by atomic mass is 35.5. The average molecular weight is 250 g/mol. The van der Waals surface area contributed by atoms with E-state index >= 15 is 0 Å². The Bertz CT molecular complexity index is 572. The van der Waals surface area contributed by atoms with Crippen LogP contribution >= 0.6 is 11.6 Å². The minimum Gasteiger partial charge on any atom is -0.493 e. The summed E-state index contributed by atoms with van der Waals surface area (Å²) >= 11 is 6.26. The molecule has 0 unspecified atom stereocenters. The minimum absolute atomic E-state index is 0.618. The zero-order valence-electron chi connectivity index (χ0n) is 9.40. The molecule has 1 aliphatic rings. The lowest BCUT2D eigenvalue weighted by atomic mass is 10.0. The van der Waals surface area contributed by atoms with Crippen LogP contribution < -0.4 is 10.5 Å². The minimum atomic E-state index is 0.618. The highest BCUT2D eigenvalue weighted by Crippen LogP contribution is 2.39. The number of aryl methyl sites for hydroxylation is 1. The van der Waals surface area contributed by atoms with Gasteiger partial charge in [-0.1, -0.05) is 11.6 Å². The van der Waals surface area contributed by atoms with Gasteiger partial charge in [-0.15, -0.1) is 0 Å². The van der Waals surface area contributed by atoms with Crippen molar-refractivity contribution < 1.29 is 4.74 Å². The van der Waals surface area contributed by atoms with E-state index in [0.29, 0.717) is 17.4 Å². The number of fused-ring (bicyclic) bond motifs is 1. The van der Waals surface area contributed by atoms with Crippen LogP contribution in [0, 0.1) is 0 Å². The lowest BCUT2D eigenvalue weighted by Crippen LogP contribution is -1.96. The normalized spacial score (nSPS) is 13.5. The van der Waals surface area contributed by atoms with Gasteiger partial charge in [-0.2, -0.15) is 5.10 Å². The van der Waals surface area contributed by atoms with Gasteiger partial charge < -0.3 is 10.5 Å². The van der Waals surface area contributed by atoms with E-state index in [1.165, 1.54) is 0 Å². The Morgan fingerprint density at radius 1 is 1.47 bits per heavy atom. The second-order valence-electron chi connectivity index (χ2n) is 4.08. The van der Waals surface area contributed by atoms with E-state index in [1.54, 1.807) is 4.68 Å². The van der Waals surface area contributed by atoms with Crippen LogP contribution in [0.3, 0.4) is 0 Å². The van der Waals surface area contributed by atoms with Crippen molar-refractivity contribution in [2.75, 3.05) is 12.3 Å². The van der Waals surface area contributed by atoms with Gasteiger partial charge in [0.2, 0.25) is 0 Å². The number of nitrogen functional groups attached to an aromatic ring is 1. The molecule has 1 aromatic carbocycles. The summed E-state index contributed by atoms with van der Waals surface area (Å²) in [5.41, 5.74) is 8.66. The van der Waals surface area contributed by atoms with Crippen molar-refractivity contribution in [1.29, 1.82) is 0 Å². The number of hydrogen-bond donors (Lipinski definition) is 1. The summed E-state index contributed by atoms with van der Waals surface area (Å²) in [7, 11) is 1.81. The van der Waals surface area contributed by atoms with Crippen LogP contribution in [0.15, 0.2) is 18.2 Å². The first kappa shape index (κ1) is 10.5. The van der Waals surface area contributed by atoms with Crippen molar-refractivity contribution in [3.63, 3.8) is 0 Å². The molecule has 3 rings (SSSR count). The SMILES string of the molecule is Cn1nc(-c2c(Cl)ccc3c2CCO3)cc1N. The maximum absolute atomic E-state index is 6.26. The standard InChI is InChI=1S/C12H12ClN3O/c1-16-11(14)6-9(15-16)12-7-4-5-17-10(7)3-2-8(12)13/h2-3,6H,4-5,14H2,1H3. The summed E-state index contributed by atoms with van der Waals surface area (Å²) in [5, 5.41) is 5.06. The van der Waals surface area contributed by atoms with E-state index in [2.05, 4.69) is 5.10 Å². The second-order valence-corrected chi connectivity index (χ2v) is 4.48. The van der Waals surface area contributed by atoms with Crippen LogP contribution in [-0.4, -0.2) is 16.4 Å². The molecule has 2 aromatic rings. The molecule has 4 nitrogen and oxygen atoms in total. The number of aromatic nitrogens is 2. The molecular weight excluding hydrogens is 238 g/mol. The van der Waals surface area contributed by atoms with Gasteiger partial charge in [-0.3, -0.25) is 4.68 Å². The maximum Gasteiger partial charge on any atom is 0.123 e. The van der Waals surface area contributed by atoms with E-state index in [0.717, 1.165) is 29.0 Å². The summed E-state index contributed by atoms with van der Waals surface area (Å²) < 4.78 is 7.17. The second kappa shape index (κ2) is 3.67. The lowest BCUT2D eigenvalue weighted by Gasteiger charge is -2.06. The summed E-state index contributed by atoms with van der Waals surface area (Å²) in [6, 6.07) is 5.58. The average Bonchev–Trinajstić information content (AvgIpc) is 2.86. The van der Waals surface area contributed by atoms with Crippen LogP contribution in [0.2, 0.25) is 5.02 Å². The Morgan fingerprint density at radius 3 is 3.00 bits per heavy atom. The molecule has 0 atom stereocenters. The Balaban J connectivity index is 2.23. The number of anilines is 1. The fourth-order valence-corrected chi connectivity index (χ4v) is 2.40. The van der Waals surface area contributed by atoms with Gasteiger partial charge in [0.25, 0.3) is 0 Å². The Morgan fingerprint density at radius 2 is 2.29 bits per heavy atom. The third-order valence-corrected chi connectivity index (χ3v) is 3.32. The predicted octanol–water partition coefficient (Wildman–Crippen LogP) is 2.26. The highest BCUT2D eigenvalue weighted by molar-refractivity contribution is 6.33. The van der Waals surface area contributed by atoms with Crippen molar-refractivity contribution in [3.05, 3.63) is 28.8 Å². The Kier molecular flexibility index (Phi) is 2.26. The van der Waals surface area contributed by atoms with Crippen LogP contribution in [0.5, 0.6) is 5.75 Å². The highest BCUT2D eigenvalue weighted by Gasteiger charge is 2.21. The molecule has 0 spiro atoms. The van der Waals surface area contributed by atoms with Crippen LogP contribution in [0.1, 0.15) is 5.56 Å². The van der Waals surface area contributed by atoms with Crippen molar-refractivity contribution in [2.45, 2.75) is 6.42 Å². The number of rotatable bonds is 1. The molecule has 0 radical (unpaired) electrons. The number of hydrogen-bond acceptors (Lipinski definition) is 3. The molecule has 0 fully saturated rings. The number of nitrogens with two attached hydrogens (primary N) is 1. The van der Waals surface area contributed by atoms with E-state index in [4.69, 9.17) is 22.1 Å². The van der Waals surface area contributed by atoms with Crippen LogP contribution in [0.4, 0.5) is 5.82 Å². The lowest BCUT2D eigenvalue weighted by molar-refractivity contribution is 0.357. The van der Waals surface area contributed by atoms with Gasteiger partial charge in [0.15, 0.2) is 0 Å². The molecule has 0 saturated heterocycles. The topological polar surface area (TPSA) is 53.1 Å². The smallest absolute Gasteiger partial charge is 0.123 e. The zero-order valence-corrected chi connectivity index (χ0v) is 10.2. The first-order chi connectivity index (χ1) is 8.16. The third kappa shape index (κ3) is 1.56.